The second-order valence-electron chi connectivity index (χ2n) is 2.01. The third-order valence-electron chi connectivity index (χ3n) is 1.08. The third kappa shape index (κ3) is 11.6. The normalized spacial score (nSPS) is 9.20. The summed E-state index contributed by atoms with van der Waals surface area (Å²) in [6.45, 7) is 1.83. The molecule has 1 N–H and O–H groups in total. The van der Waals surface area contributed by atoms with E-state index >= 15 is 0 Å². The largest absolute Gasteiger partial charge is 0.755 e. The van der Waals surface area contributed by atoms with Gasteiger partial charge in [0.1, 0.15) is 0 Å². The summed E-state index contributed by atoms with van der Waals surface area (Å²) in [4.78, 5) is 0. The van der Waals surface area contributed by atoms with Gasteiger partial charge in [-0.3, -0.25) is 15.8 Å². The molecule has 0 saturated carbocycles. The summed E-state index contributed by atoms with van der Waals surface area (Å²) in [6, 6.07) is 8.72. The van der Waals surface area contributed by atoms with Crippen LogP contribution >= 0.6 is 0 Å². The summed E-state index contributed by atoms with van der Waals surface area (Å²) >= 11 is -2.27. The van der Waals surface area contributed by atoms with E-state index in [9.17, 15) is 8.76 Å². The van der Waals surface area contributed by atoms with Gasteiger partial charge in [-0.1, -0.05) is 6.92 Å². The zero-order valence-corrected chi connectivity index (χ0v) is 26.8. The first kappa shape index (κ1) is 25.3. The maximum atomic E-state index is 10.1. The Bertz CT molecular complexity index is 295. The topological polar surface area (TPSA) is 52.2 Å². The molecule has 1 unspecified atom stereocenters. The second kappa shape index (κ2) is 13.4. The summed E-state index contributed by atoms with van der Waals surface area (Å²) in [7, 11) is 0. The van der Waals surface area contributed by atoms with E-state index in [2.05, 4.69) is 16.9 Å². The van der Waals surface area contributed by atoms with E-state index in [1.807, 2.05) is 6.92 Å². The molecule has 0 spiro atoms. The molecule has 8 heteroatoms. The van der Waals surface area contributed by atoms with E-state index in [0.717, 1.165) is 5.56 Å². The van der Waals surface area contributed by atoms with Gasteiger partial charge >= 0.3 is 0 Å². The Morgan fingerprint density at radius 1 is 1.47 bits per heavy atom. The van der Waals surface area contributed by atoms with Crippen LogP contribution in [0.1, 0.15) is 5.56 Å². The van der Waals surface area contributed by atoms with Crippen LogP contribution in [0, 0.1) is 64.1 Å². The van der Waals surface area contributed by atoms with E-state index < -0.39 is 11.3 Å². The van der Waals surface area contributed by atoms with E-state index in [1.54, 1.807) is 12.1 Å². The van der Waals surface area contributed by atoms with Crippen molar-refractivity contribution in [2.24, 2.45) is 0 Å². The third-order valence-corrected chi connectivity index (χ3v) is 1.47. The van der Waals surface area contributed by atoms with Crippen molar-refractivity contribution in [2.75, 3.05) is 4.72 Å². The number of rotatable bonds is 2. The molecular formula is C7H6NO2RaReRfSY-3. The summed E-state index contributed by atoms with van der Waals surface area (Å²) < 4.78 is 22.5. The smallest absolute Gasteiger partial charge is 0.0411 e. The molecule has 0 aromatic heterocycles. The minimum atomic E-state index is -2.27. The molecule has 3 nitrogen and oxygen atoms in total. The Morgan fingerprint density at radius 2 is 2.00 bits per heavy atom. The Labute approximate surface area is 162 Å². The maximum Gasteiger partial charge on any atom is 0.0411 e. The van der Waals surface area contributed by atoms with Gasteiger partial charge in [0.2, 0.25) is 0 Å². The van der Waals surface area contributed by atoms with E-state index in [1.165, 1.54) is 0 Å². The average Bonchev–Trinajstić information content (AvgIpc) is 1.85. The number of nitrogens with one attached hydrogen (secondary N) is 1. The van der Waals surface area contributed by atoms with Crippen LogP contribution in [0.2, 0.25) is 0 Å². The summed E-state index contributed by atoms with van der Waals surface area (Å²) in [6.07, 6.45) is 0. The van der Waals surface area contributed by atoms with Gasteiger partial charge in [0.25, 0.3) is 0 Å². The molecule has 15 heavy (non-hydrogen) atoms. The van der Waals surface area contributed by atoms with Gasteiger partial charge in [-0.2, -0.15) is 5.69 Å². The van der Waals surface area contributed by atoms with Crippen LogP contribution in [0.15, 0.2) is 12.1 Å². The fourth-order valence-electron chi connectivity index (χ4n) is 0.676. The molecule has 0 heterocycles. The van der Waals surface area contributed by atoms with Gasteiger partial charge in [-0.25, -0.2) is 0 Å². The molecule has 1 atom stereocenters. The standard InChI is InChI=1S/C7H7NO2S.Ra.Re.Rf.Y/c1-6-3-2-4-7(5-6)8-11(9)10;;;;/h2,5,8H,1H3,(H,9,10);;;;/q-2;;;;/p-1. The monoisotopic (exact) mass is 937 g/mol. The minimum absolute atomic E-state index is 0. The van der Waals surface area contributed by atoms with Crippen molar-refractivity contribution in [3.05, 3.63) is 29.8 Å². The van der Waals surface area contributed by atoms with Crippen molar-refractivity contribution < 1.29 is 107 Å². The van der Waals surface area contributed by atoms with Crippen molar-refractivity contribution in [2.45, 2.75) is 6.92 Å². The average molecular weight is 936 g/mol. The van der Waals surface area contributed by atoms with Crippen LogP contribution in [0.25, 0.3) is 0 Å². The van der Waals surface area contributed by atoms with Gasteiger partial charge in [0, 0.05) is 109 Å². The number of hydrogen-bond donors (Lipinski definition) is 1. The Morgan fingerprint density at radius 3 is 2.40 bits per heavy atom. The first-order valence-electron chi connectivity index (χ1n) is 2.94. The molecule has 0 amide bonds. The number of benzene rings is 1. The van der Waals surface area contributed by atoms with Crippen molar-refractivity contribution in [3.8, 4) is 0 Å². The van der Waals surface area contributed by atoms with E-state index in [0.29, 0.717) is 5.69 Å². The molecule has 0 saturated heterocycles. The number of anilines is 1. The van der Waals surface area contributed by atoms with Crippen molar-refractivity contribution in [1.82, 2.24) is 0 Å². The molecule has 1 aromatic carbocycles. The zero-order valence-electron chi connectivity index (χ0n) is 8.25. The molecule has 1 rings (SSSR count). The SMILES string of the molecule is Cc1[c-]c[c-]c(NS(=O)[O-])c1.[Ra].[Re].[Rf].[Y]. The molecule has 0 fully saturated rings. The molecule has 0 aliphatic carbocycles. The minimum Gasteiger partial charge on any atom is -0.755 e. The van der Waals surface area contributed by atoms with Gasteiger partial charge < -0.3 is 27.5 Å². The maximum absolute atomic E-state index is 10.1. The molecule has 4 radical (unpaired) electrons. The molecule has 0 aliphatic rings. The van der Waals surface area contributed by atoms with Crippen LogP contribution in [0.5, 0.6) is 0 Å². The van der Waals surface area contributed by atoms with Gasteiger partial charge in [-0.05, 0) is 0 Å². The fraction of sp³-hybridized carbons (Fsp3) is 0.143. The van der Waals surface area contributed by atoms with Crippen LogP contribution in [0.3, 0.4) is 0 Å². The van der Waals surface area contributed by atoms with Crippen molar-refractivity contribution >= 4 is 17.0 Å². The first-order valence-corrected chi connectivity index (χ1v) is 4.02. The van der Waals surface area contributed by atoms with Crippen LogP contribution in [0.4, 0.5) is 5.69 Å². The van der Waals surface area contributed by atoms with Crippen LogP contribution < -0.4 is 4.72 Å². The summed E-state index contributed by atoms with van der Waals surface area (Å²) in [5.41, 5.74) is 1.31. The Hall–Kier alpha value is 1.36. The van der Waals surface area contributed by atoms with Crippen molar-refractivity contribution in [1.29, 1.82) is 0 Å². The van der Waals surface area contributed by atoms with E-state index in [4.69, 9.17) is 0 Å². The quantitative estimate of drug-likeness (QED) is 0.353. The predicted octanol–water partition coefficient (Wildman–Crippen LogP) is 0.796. The fourth-order valence-corrected chi connectivity index (χ4v) is 0.974. The first-order chi connectivity index (χ1) is 5.18. The Kier molecular flexibility index (Phi) is 22.6. The molecule has 0 aliphatic heterocycles. The van der Waals surface area contributed by atoms with Gasteiger partial charge in [-0.15, -0.1) is 0 Å². The summed E-state index contributed by atoms with van der Waals surface area (Å²) in [5.74, 6) is 0. The van der Waals surface area contributed by atoms with E-state index in [-0.39, 0.29) is 98.1 Å². The van der Waals surface area contributed by atoms with Crippen LogP contribution in [-0.4, -0.2) is 8.76 Å². The van der Waals surface area contributed by atoms with Crippen molar-refractivity contribution in [3.63, 3.8) is 0 Å². The second-order valence-corrected chi connectivity index (χ2v) is 2.68. The predicted molar refractivity (Wildman–Crippen MR) is 41.4 cm³/mol. The molecule has 74 valence electrons. The molecule has 1 aromatic rings. The summed E-state index contributed by atoms with van der Waals surface area (Å²) in [5, 5.41) is 0. The van der Waals surface area contributed by atoms with Crippen LogP contribution in [-0.2, 0) is 64.4 Å². The molecule has 0 bridgehead atoms. The zero-order chi connectivity index (χ0) is 8.27. The van der Waals surface area contributed by atoms with Gasteiger partial charge in [0.05, 0.1) is 0 Å². The van der Waals surface area contributed by atoms with Gasteiger partial charge in [0.15, 0.2) is 0 Å². The molecular weight excluding hydrogens is 930 g/mol. The number of hydrogen-bond acceptors (Lipinski definition) is 2. The number of aryl methyl sites for hydroxylation is 1. The Balaban J connectivity index is -0.000000151.